The van der Waals surface area contributed by atoms with Gasteiger partial charge in [-0.2, -0.15) is 0 Å². The molecule has 0 saturated heterocycles. The molecule has 0 aromatic carbocycles. The van der Waals surface area contributed by atoms with E-state index in [9.17, 15) is 0 Å². The lowest BCUT2D eigenvalue weighted by atomic mass is 10.3. The smallest absolute Gasteiger partial charge is 0.241 e. The minimum Gasteiger partial charge on any atom is -0.550 e. The summed E-state index contributed by atoms with van der Waals surface area (Å²) in [5.74, 6) is 1.01. The predicted molar refractivity (Wildman–Crippen MR) is 76.4 cm³/mol. The van der Waals surface area contributed by atoms with Crippen LogP contribution in [-0.2, 0) is 8.85 Å². The lowest BCUT2D eigenvalue weighted by molar-refractivity contribution is 0.418. The third kappa shape index (κ3) is 8.79. The first-order chi connectivity index (χ1) is 7.01. The third-order valence-corrected chi connectivity index (χ3v) is 3.52. The van der Waals surface area contributed by atoms with Crippen LogP contribution in [0.4, 0.5) is 0 Å². The Balaban J connectivity index is 4.43. The predicted octanol–water partition coefficient (Wildman–Crippen LogP) is 4.50. The largest absolute Gasteiger partial charge is 0.550 e. The highest BCUT2D eigenvalue weighted by molar-refractivity contribution is 6.70. The highest BCUT2D eigenvalue weighted by Crippen LogP contribution is 2.14. The monoisotopic (exact) mass is 258 g/mol. The number of rotatable bonds is 5. The Labute approximate surface area is 103 Å². The third-order valence-electron chi connectivity index (χ3n) is 1.75. The molecule has 0 aliphatic rings. The van der Waals surface area contributed by atoms with E-state index in [-0.39, 0.29) is 0 Å². The van der Waals surface area contributed by atoms with Crippen LogP contribution in [0.2, 0.25) is 39.3 Å². The van der Waals surface area contributed by atoms with Crippen molar-refractivity contribution in [1.82, 2.24) is 0 Å². The first kappa shape index (κ1) is 15.5. The molecule has 16 heavy (non-hydrogen) atoms. The second-order valence-electron chi connectivity index (χ2n) is 5.99. The van der Waals surface area contributed by atoms with Gasteiger partial charge in [-0.25, -0.2) is 0 Å². The van der Waals surface area contributed by atoms with Crippen molar-refractivity contribution in [3.63, 3.8) is 0 Å². The van der Waals surface area contributed by atoms with E-state index in [4.69, 9.17) is 8.85 Å². The van der Waals surface area contributed by atoms with Crippen molar-refractivity contribution in [3.8, 4) is 0 Å². The number of allylic oxidation sites excluding steroid dienone is 3. The van der Waals surface area contributed by atoms with Crippen molar-refractivity contribution < 1.29 is 8.85 Å². The molecule has 0 N–H and O–H groups in total. The molecule has 0 rings (SSSR count). The summed E-state index contributed by atoms with van der Waals surface area (Å²) in [6.45, 7) is 17.1. The zero-order valence-electron chi connectivity index (χ0n) is 12.0. The van der Waals surface area contributed by atoms with Crippen molar-refractivity contribution >= 4 is 16.6 Å². The van der Waals surface area contributed by atoms with Crippen molar-refractivity contribution in [3.05, 3.63) is 23.7 Å². The Morgan fingerprint density at radius 3 is 1.75 bits per heavy atom. The van der Waals surface area contributed by atoms with E-state index in [1.165, 1.54) is 0 Å². The molecule has 0 heterocycles. The summed E-state index contributed by atoms with van der Waals surface area (Å²) in [5.41, 5.74) is 1.14. The van der Waals surface area contributed by atoms with Gasteiger partial charge < -0.3 is 8.85 Å². The van der Waals surface area contributed by atoms with Gasteiger partial charge in [-0.1, -0.05) is 0 Å². The second kappa shape index (κ2) is 5.73. The van der Waals surface area contributed by atoms with E-state index in [0.717, 1.165) is 11.3 Å². The minimum absolute atomic E-state index is 1.01. The van der Waals surface area contributed by atoms with Gasteiger partial charge >= 0.3 is 0 Å². The second-order valence-corrected chi connectivity index (χ2v) is 14.9. The Morgan fingerprint density at radius 2 is 1.38 bits per heavy atom. The minimum atomic E-state index is -1.48. The van der Waals surface area contributed by atoms with Crippen LogP contribution in [-0.4, -0.2) is 16.6 Å². The van der Waals surface area contributed by atoms with Gasteiger partial charge in [-0.3, -0.25) is 0 Å². The lowest BCUT2D eigenvalue weighted by Gasteiger charge is -2.21. The van der Waals surface area contributed by atoms with Crippen molar-refractivity contribution in [2.75, 3.05) is 0 Å². The fourth-order valence-corrected chi connectivity index (χ4v) is 2.55. The standard InChI is InChI=1S/C12H26O2Si2/c1-11(9-10-13-15(3,4)5)12(2)14-16(6,7)8/h9-10H,1-8H3. The molecule has 0 aliphatic carbocycles. The maximum Gasteiger partial charge on any atom is 0.241 e. The van der Waals surface area contributed by atoms with Crippen LogP contribution < -0.4 is 0 Å². The van der Waals surface area contributed by atoms with Gasteiger partial charge in [-0.15, -0.1) is 0 Å². The first-order valence-corrected chi connectivity index (χ1v) is 12.5. The first-order valence-electron chi connectivity index (χ1n) is 5.72. The van der Waals surface area contributed by atoms with Crippen molar-refractivity contribution in [1.29, 1.82) is 0 Å². The molecule has 0 unspecified atom stereocenters. The summed E-state index contributed by atoms with van der Waals surface area (Å²) in [6, 6.07) is 0. The molecule has 0 saturated carbocycles. The summed E-state index contributed by atoms with van der Waals surface area (Å²) >= 11 is 0. The van der Waals surface area contributed by atoms with Crippen molar-refractivity contribution in [2.24, 2.45) is 0 Å². The molecular formula is C12H26O2Si2. The normalized spacial score (nSPS) is 15.0. The molecule has 0 radical (unpaired) electrons. The van der Waals surface area contributed by atoms with Crippen LogP contribution in [0.25, 0.3) is 0 Å². The van der Waals surface area contributed by atoms with Gasteiger partial charge in [0.25, 0.3) is 0 Å². The van der Waals surface area contributed by atoms with Gasteiger partial charge in [0.2, 0.25) is 16.6 Å². The number of hydrogen-bond donors (Lipinski definition) is 0. The van der Waals surface area contributed by atoms with Gasteiger partial charge in [0.15, 0.2) is 0 Å². The quantitative estimate of drug-likeness (QED) is 0.411. The fraction of sp³-hybridized carbons (Fsp3) is 0.667. The molecule has 94 valence electrons. The molecule has 0 fully saturated rings. The van der Waals surface area contributed by atoms with Crippen LogP contribution in [0.5, 0.6) is 0 Å². The summed E-state index contributed by atoms with van der Waals surface area (Å²) in [5, 5.41) is 0. The van der Waals surface area contributed by atoms with Crippen LogP contribution in [0, 0.1) is 0 Å². The molecule has 2 nitrogen and oxygen atoms in total. The van der Waals surface area contributed by atoms with Gasteiger partial charge in [0, 0.05) is 0 Å². The highest BCUT2D eigenvalue weighted by Gasteiger charge is 2.16. The zero-order chi connectivity index (χ0) is 13.0. The van der Waals surface area contributed by atoms with Crippen LogP contribution in [0.3, 0.4) is 0 Å². The molecule has 0 aromatic heterocycles. The molecule has 4 heteroatoms. The van der Waals surface area contributed by atoms with Gasteiger partial charge in [0.1, 0.15) is 0 Å². The Morgan fingerprint density at radius 1 is 0.875 bits per heavy atom. The lowest BCUT2D eigenvalue weighted by Crippen LogP contribution is -2.24. The SMILES string of the molecule is CC(C=CO[Si](C)(C)C)=C(C)O[Si](C)(C)C. The summed E-state index contributed by atoms with van der Waals surface area (Å²) in [6.07, 6.45) is 3.80. The Kier molecular flexibility index (Phi) is 5.55. The van der Waals surface area contributed by atoms with E-state index in [0.29, 0.717) is 0 Å². The van der Waals surface area contributed by atoms with Crippen LogP contribution in [0.1, 0.15) is 13.8 Å². The Bertz CT molecular complexity index is 280. The average molecular weight is 259 g/mol. The Hall–Kier alpha value is -0.486. The molecule has 0 bridgehead atoms. The fourth-order valence-electron chi connectivity index (χ4n) is 0.997. The number of hydrogen-bond acceptors (Lipinski definition) is 2. The van der Waals surface area contributed by atoms with E-state index in [2.05, 4.69) is 46.2 Å². The van der Waals surface area contributed by atoms with Crippen molar-refractivity contribution in [2.45, 2.75) is 53.1 Å². The molecule has 0 aliphatic heterocycles. The van der Waals surface area contributed by atoms with Crippen LogP contribution in [0.15, 0.2) is 23.7 Å². The molecule has 0 spiro atoms. The summed E-state index contributed by atoms with van der Waals surface area (Å²) in [7, 11) is -2.93. The average Bonchev–Trinajstić information content (AvgIpc) is 1.98. The molecule has 0 aromatic rings. The summed E-state index contributed by atoms with van der Waals surface area (Å²) in [4.78, 5) is 0. The van der Waals surface area contributed by atoms with Gasteiger partial charge in [-0.05, 0) is 64.8 Å². The molecule has 0 atom stereocenters. The molecule has 0 amide bonds. The maximum absolute atomic E-state index is 5.91. The van der Waals surface area contributed by atoms with E-state index < -0.39 is 16.6 Å². The van der Waals surface area contributed by atoms with E-state index in [1.807, 2.05) is 13.0 Å². The van der Waals surface area contributed by atoms with E-state index in [1.54, 1.807) is 6.26 Å². The van der Waals surface area contributed by atoms with Gasteiger partial charge in [0.05, 0.1) is 12.0 Å². The van der Waals surface area contributed by atoms with Crippen LogP contribution >= 0.6 is 0 Å². The highest BCUT2D eigenvalue weighted by atomic mass is 28.4. The topological polar surface area (TPSA) is 18.5 Å². The summed E-state index contributed by atoms with van der Waals surface area (Å²) < 4.78 is 11.6. The maximum atomic E-state index is 5.91. The zero-order valence-corrected chi connectivity index (χ0v) is 14.0. The van der Waals surface area contributed by atoms with E-state index >= 15 is 0 Å². The molecular weight excluding hydrogens is 232 g/mol.